The van der Waals surface area contributed by atoms with Crippen molar-refractivity contribution in [1.82, 2.24) is 5.32 Å². The second-order valence-electron chi connectivity index (χ2n) is 5.49. The second kappa shape index (κ2) is 3.16. The largest absolute Gasteiger partial charge is 0.297 e. The van der Waals surface area contributed by atoms with Crippen molar-refractivity contribution in [2.24, 2.45) is 5.92 Å². The molecule has 0 aromatic rings. The van der Waals surface area contributed by atoms with Crippen molar-refractivity contribution in [3.05, 3.63) is 0 Å². The summed E-state index contributed by atoms with van der Waals surface area (Å²) in [6.07, 6.45) is 5.61. The van der Waals surface area contributed by atoms with Gasteiger partial charge in [-0.1, -0.05) is 19.8 Å². The first-order valence-corrected chi connectivity index (χ1v) is 6.43. The molecule has 1 heterocycles. The molecule has 1 spiro atoms. The van der Waals surface area contributed by atoms with Crippen LogP contribution in [0, 0.1) is 5.92 Å². The Morgan fingerprint density at radius 3 is 2.69 bits per heavy atom. The lowest BCUT2D eigenvalue weighted by molar-refractivity contribution is 0.245. The van der Waals surface area contributed by atoms with Crippen molar-refractivity contribution in [3.63, 3.8) is 0 Å². The van der Waals surface area contributed by atoms with Gasteiger partial charge in [-0.05, 0) is 32.6 Å². The van der Waals surface area contributed by atoms with Crippen molar-refractivity contribution >= 4 is 11.8 Å². The standard InChI is InChI=1S/C11H21NS/c1-9-5-4-6-11(7-9)12-10(2,3)8-13-11/h9,12H,4-8H2,1-3H3. The minimum atomic E-state index is 0.363. The van der Waals surface area contributed by atoms with Crippen molar-refractivity contribution in [1.29, 1.82) is 0 Å². The highest BCUT2D eigenvalue weighted by atomic mass is 32.2. The highest BCUT2D eigenvalue weighted by Gasteiger charge is 2.44. The zero-order valence-electron chi connectivity index (χ0n) is 9.02. The van der Waals surface area contributed by atoms with Crippen LogP contribution in [0.5, 0.6) is 0 Å². The molecule has 13 heavy (non-hydrogen) atoms. The Labute approximate surface area is 86.0 Å². The topological polar surface area (TPSA) is 12.0 Å². The number of thioether (sulfide) groups is 1. The molecule has 2 atom stereocenters. The van der Waals surface area contributed by atoms with Crippen LogP contribution in [0.1, 0.15) is 46.5 Å². The van der Waals surface area contributed by atoms with Gasteiger partial charge in [-0.15, -0.1) is 11.8 Å². The van der Waals surface area contributed by atoms with E-state index in [9.17, 15) is 0 Å². The monoisotopic (exact) mass is 199 g/mol. The van der Waals surface area contributed by atoms with E-state index in [1.807, 2.05) is 0 Å². The fourth-order valence-electron chi connectivity index (χ4n) is 2.76. The molecular weight excluding hydrogens is 178 g/mol. The summed E-state index contributed by atoms with van der Waals surface area (Å²) in [4.78, 5) is 0.446. The molecule has 2 fully saturated rings. The quantitative estimate of drug-likeness (QED) is 0.643. The predicted octanol–water partition coefficient (Wildman–Crippen LogP) is 3.01. The molecule has 2 aliphatic rings. The summed E-state index contributed by atoms with van der Waals surface area (Å²) in [7, 11) is 0. The molecule has 76 valence electrons. The maximum absolute atomic E-state index is 3.84. The molecule has 1 nitrogen and oxygen atoms in total. The molecule has 0 aromatic heterocycles. The number of hydrogen-bond donors (Lipinski definition) is 1. The van der Waals surface area contributed by atoms with Crippen LogP contribution >= 0.6 is 11.8 Å². The van der Waals surface area contributed by atoms with Gasteiger partial charge in [-0.3, -0.25) is 5.32 Å². The molecule has 0 aromatic carbocycles. The van der Waals surface area contributed by atoms with Gasteiger partial charge in [0, 0.05) is 11.3 Å². The molecule has 1 saturated carbocycles. The van der Waals surface area contributed by atoms with E-state index in [1.54, 1.807) is 0 Å². The summed E-state index contributed by atoms with van der Waals surface area (Å²) in [6, 6.07) is 0. The van der Waals surface area contributed by atoms with Crippen molar-refractivity contribution in [2.75, 3.05) is 5.75 Å². The van der Waals surface area contributed by atoms with Gasteiger partial charge in [0.2, 0.25) is 0 Å². The Balaban J connectivity index is 2.05. The fourth-order valence-corrected chi connectivity index (χ4v) is 4.50. The van der Waals surface area contributed by atoms with Crippen LogP contribution in [-0.4, -0.2) is 16.2 Å². The second-order valence-corrected chi connectivity index (χ2v) is 6.85. The van der Waals surface area contributed by atoms with Gasteiger partial charge >= 0.3 is 0 Å². The predicted molar refractivity (Wildman–Crippen MR) is 60.0 cm³/mol. The third-order valence-electron chi connectivity index (χ3n) is 3.23. The number of hydrogen-bond acceptors (Lipinski definition) is 2. The van der Waals surface area contributed by atoms with E-state index in [-0.39, 0.29) is 0 Å². The van der Waals surface area contributed by atoms with Crippen LogP contribution in [0.15, 0.2) is 0 Å². The molecule has 0 bridgehead atoms. The van der Waals surface area contributed by atoms with Crippen LogP contribution in [0.25, 0.3) is 0 Å². The highest BCUT2D eigenvalue weighted by molar-refractivity contribution is 8.00. The SMILES string of the molecule is CC1CCCC2(C1)NC(C)(C)CS2. The summed E-state index contributed by atoms with van der Waals surface area (Å²) in [5.41, 5.74) is 0.363. The van der Waals surface area contributed by atoms with Crippen molar-refractivity contribution < 1.29 is 0 Å². The molecule has 1 N–H and O–H groups in total. The summed E-state index contributed by atoms with van der Waals surface area (Å²) in [5, 5.41) is 3.84. The van der Waals surface area contributed by atoms with E-state index < -0.39 is 0 Å². The van der Waals surface area contributed by atoms with E-state index in [0.29, 0.717) is 10.4 Å². The summed E-state index contributed by atoms with van der Waals surface area (Å²) < 4.78 is 0. The van der Waals surface area contributed by atoms with E-state index in [1.165, 1.54) is 31.4 Å². The Morgan fingerprint density at radius 1 is 1.38 bits per heavy atom. The first-order valence-electron chi connectivity index (χ1n) is 5.45. The smallest absolute Gasteiger partial charge is 0.0652 e. The first kappa shape index (κ1) is 9.85. The van der Waals surface area contributed by atoms with Gasteiger partial charge in [0.05, 0.1) is 4.87 Å². The molecule has 0 amide bonds. The molecule has 2 unspecified atom stereocenters. The minimum absolute atomic E-state index is 0.363. The zero-order valence-corrected chi connectivity index (χ0v) is 9.84. The van der Waals surface area contributed by atoms with Crippen molar-refractivity contribution in [2.45, 2.75) is 56.9 Å². The number of rotatable bonds is 0. The lowest BCUT2D eigenvalue weighted by Crippen LogP contribution is -2.49. The average molecular weight is 199 g/mol. The summed E-state index contributed by atoms with van der Waals surface area (Å²) in [6.45, 7) is 7.05. The molecule has 1 aliphatic carbocycles. The van der Waals surface area contributed by atoms with E-state index in [2.05, 4.69) is 37.8 Å². The lowest BCUT2D eigenvalue weighted by Gasteiger charge is -2.38. The van der Waals surface area contributed by atoms with Gasteiger partial charge in [0.15, 0.2) is 0 Å². The maximum atomic E-state index is 3.84. The zero-order chi connectivity index (χ0) is 9.53. The first-order chi connectivity index (χ1) is 6.02. The minimum Gasteiger partial charge on any atom is -0.297 e. The van der Waals surface area contributed by atoms with Gasteiger partial charge in [-0.25, -0.2) is 0 Å². The summed E-state index contributed by atoms with van der Waals surface area (Å²) in [5.74, 6) is 2.20. The van der Waals surface area contributed by atoms with Crippen LogP contribution in [0.3, 0.4) is 0 Å². The highest BCUT2D eigenvalue weighted by Crippen LogP contribution is 2.46. The van der Waals surface area contributed by atoms with E-state index in [4.69, 9.17) is 0 Å². The Kier molecular flexibility index (Phi) is 2.40. The molecule has 2 heteroatoms. The Hall–Kier alpha value is 0.310. The Bertz CT molecular complexity index is 202. The lowest BCUT2D eigenvalue weighted by atomic mass is 9.85. The Morgan fingerprint density at radius 2 is 2.15 bits per heavy atom. The van der Waals surface area contributed by atoms with Gasteiger partial charge in [0.25, 0.3) is 0 Å². The molecular formula is C11H21NS. The van der Waals surface area contributed by atoms with E-state index in [0.717, 1.165) is 5.92 Å². The third kappa shape index (κ3) is 2.04. The summed E-state index contributed by atoms with van der Waals surface area (Å²) >= 11 is 2.17. The van der Waals surface area contributed by atoms with Crippen molar-refractivity contribution in [3.8, 4) is 0 Å². The van der Waals surface area contributed by atoms with Gasteiger partial charge in [-0.2, -0.15) is 0 Å². The van der Waals surface area contributed by atoms with Gasteiger partial charge < -0.3 is 0 Å². The molecule has 1 aliphatic heterocycles. The third-order valence-corrected chi connectivity index (χ3v) is 5.12. The average Bonchev–Trinajstić information content (AvgIpc) is 2.26. The van der Waals surface area contributed by atoms with E-state index >= 15 is 0 Å². The number of nitrogens with one attached hydrogen (secondary N) is 1. The molecule has 0 radical (unpaired) electrons. The molecule has 2 rings (SSSR count). The van der Waals surface area contributed by atoms with Crippen LogP contribution < -0.4 is 5.32 Å². The van der Waals surface area contributed by atoms with Crippen LogP contribution in [0.2, 0.25) is 0 Å². The van der Waals surface area contributed by atoms with Gasteiger partial charge in [0.1, 0.15) is 0 Å². The molecule has 1 saturated heterocycles. The fraction of sp³-hybridized carbons (Fsp3) is 1.00. The van der Waals surface area contributed by atoms with Crippen LogP contribution in [0.4, 0.5) is 0 Å². The normalized spacial score (nSPS) is 44.1. The maximum Gasteiger partial charge on any atom is 0.0652 e. The van der Waals surface area contributed by atoms with Crippen LogP contribution in [-0.2, 0) is 0 Å².